The van der Waals surface area contributed by atoms with Crippen LogP contribution in [0.2, 0.25) is 0 Å². The smallest absolute Gasteiger partial charge is 0.0346 e. The molecular weight excluding hydrogens is 242 g/mol. The van der Waals surface area contributed by atoms with Gasteiger partial charge < -0.3 is 5.32 Å². The molecule has 0 aliphatic rings. The van der Waals surface area contributed by atoms with Gasteiger partial charge in [0, 0.05) is 12.6 Å². The van der Waals surface area contributed by atoms with Gasteiger partial charge in [-0.2, -0.15) is 0 Å². The summed E-state index contributed by atoms with van der Waals surface area (Å²) in [5, 5.41) is 3.70. The molecule has 106 valence electrons. The number of benzene rings is 2. The zero-order valence-corrected chi connectivity index (χ0v) is 13.0. The van der Waals surface area contributed by atoms with Gasteiger partial charge in [-0.1, -0.05) is 62.4 Å². The molecule has 0 aliphatic heterocycles. The zero-order chi connectivity index (χ0) is 14.5. The van der Waals surface area contributed by atoms with E-state index in [1.165, 1.54) is 22.3 Å². The molecule has 0 aromatic heterocycles. The molecule has 1 N–H and O–H groups in total. The first-order valence-electron chi connectivity index (χ1n) is 7.42. The minimum atomic E-state index is 0.401. The second-order valence-corrected chi connectivity index (χ2v) is 5.93. The Morgan fingerprint density at radius 1 is 0.900 bits per heavy atom. The van der Waals surface area contributed by atoms with Crippen molar-refractivity contribution in [1.29, 1.82) is 0 Å². The molecule has 0 bridgehead atoms. The van der Waals surface area contributed by atoms with E-state index < -0.39 is 0 Å². The lowest BCUT2D eigenvalue weighted by Crippen LogP contribution is -2.25. The molecular formula is C19H25N. The van der Waals surface area contributed by atoms with E-state index in [2.05, 4.69) is 81.5 Å². The van der Waals surface area contributed by atoms with Gasteiger partial charge in [-0.15, -0.1) is 0 Å². The molecule has 0 heterocycles. The summed E-state index contributed by atoms with van der Waals surface area (Å²) in [7, 11) is 0. The van der Waals surface area contributed by atoms with Gasteiger partial charge in [0.1, 0.15) is 0 Å². The molecule has 0 radical (unpaired) electrons. The van der Waals surface area contributed by atoms with Crippen LogP contribution in [0.4, 0.5) is 0 Å². The van der Waals surface area contributed by atoms with E-state index in [9.17, 15) is 0 Å². The summed E-state index contributed by atoms with van der Waals surface area (Å²) < 4.78 is 0. The summed E-state index contributed by atoms with van der Waals surface area (Å²) in [4.78, 5) is 0. The molecule has 2 aromatic carbocycles. The monoisotopic (exact) mass is 267 g/mol. The lowest BCUT2D eigenvalue weighted by molar-refractivity contribution is 0.410. The molecule has 1 unspecified atom stereocenters. The van der Waals surface area contributed by atoms with Crippen LogP contribution in [0, 0.1) is 19.8 Å². The van der Waals surface area contributed by atoms with Crippen LogP contribution in [0.5, 0.6) is 0 Å². The van der Waals surface area contributed by atoms with E-state index >= 15 is 0 Å². The van der Waals surface area contributed by atoms with Crippen molar-refractivity contribution in [1.82, 2.24) is 5.32 Å². The molecule has 0 spiro atoms. The Kier molecular flexibility index (Phi) is 4.97. The average molecular weight is 267 g/mol. The van der Waals surface area contributed by atoms with Gasteiger partial charge in [-0.25, -0.2) is 0 Å². The average Bonchev–Trinajstić information content (AvgIpc) is 2.44. The van der Waals surface area contributed by atoms with Crippen molar-refractivity contribution in [2.24, 2.45) is 5.92 Å². The molecule has 1 nitrogen and oxygen atoms in total. The van der Waals surface area contributed by atoms with Gasteiger partial charge in [0.25, 0.3) is 0 Å². The van der Waals surface area contributed by atoms with E-state index in [4.69, 9.17) is 0 Å². The van der Waals surface area contributed by atoms with E-state index in [0.717, 1.165) is 6.54 Å². The predicted octanol–water partition coefficient (Wildman–Crippen LogP) is 4.79. The number of rotatable bonds is 5. The van der Waals surface area contributed by atoms with Crippen LogP contribution in [0.3, 0.4) is 0 Å². The maximum Gasteiger partial charge on any atom is 0.0346 e. The number of hydrogen-bond donors (Lipinski definition) is 1. The third kappa shape index (κ3) is 3.71. The number of aryl methyl sites for hydroxylation is 2. The molecule has 0 saturated heterocycles. The summed E-state index contributed by atoms with van der Waals surface area (Å²) in [5.74, 6) is 0.573. The summed E-state index contributed by atoms with van der Waals surface area (Å²) in [6, 6.07) is 17.8. The normalized spacial score (nSPS) is 12.7. The minimum Gasteiger partial charge on any atom is -0.306 e. The highest BCUT2D eigenvalue weighted by Crippen LogP contribution is 2.22. The van der Waals surface area contributed by atoms with Crippen molar-refractivity contribution in [2.75, 3.05) is 0 Å². The second kappa shape index (κ2) is 6.71. The highest BCUT2D eigenvalue weighted by molar-refractivity contribution is 5.30. The largest absolute Gasteiger partial charge is 0.306 e. The molecule has 0 saturated carbocycles. The lowest BCUT2D eigenvalue weighted by atomic mass is 9.95. The predicted molar refractivity (Wildman–Crippen MR) is 86.8 cm³/mol. The van der Waals surface area contributed by atoms with Crippen LogP contribution >= 0.6 is 0 Å². The van der Waals surface area contributed by atoms with Gasteiger partial charge in [0.2, 0.25) is 0 Å². The maximum atomic E-state index is 3.70. The summed E-state index contributed by atoms with van der Waals surface area (Å²) in [6.45, 7) is 9.79. The quantitative estimate of drug-likeness (QED) is 0.821. The Hall–Kier alpha value is -1.60. The molecule has 2 aromatic rings. The van der Waals surface area contributed by atoms with Crippen molar-refractivity contribution in [2.45, 2.75) is 40.3 Å². The Morgan fingerprint density at radius 2 is 1.60 bits per heavy atom. The van der Waals surface area contributed by atoms with E-state index in [1.54, 1.807) is 0 Å². The standard InChI is InChI=1S/C19H25N/c1-14(2)19(18-8-6-5-7-9-18)20-13-17-11-10-15(3)16(4)12-17/h5-12,14,19-20H,13H2,1-4H3. The Balaban J connectivity index is 2.08. The first-order chi connectivity index (χ1) is 9.58. The van der Waals surface area contributed by atoms with Crippen LogP contribution in [-0.4, -0.2) is 0 Å². The lowest BCUT2D eigenvalue weighted by Gasteiger charge is -2.23. The fraction of sp³-hybridized carbons (Fsp3) is 0.368. The van der Waals surface area contributed by atoms with Gasteiger partial charge in [-0.05, 0) is 42.0 Å². The highest BCUT2D eigenvalue weighted by Gasteiger charge is 2.14. The molecule has 1 atom stereocenters. The van der Waals surface area contributed by atoms with Gasteiger partial charge >= 0.3 is 0 Å². The Labute approximate surface area is 123 Å². The molecule has 0 aliphatic carbocycles. The molecule has 20 heavy (non-hydrogen) atoms. The number of hydrogen-bond acceptors (Lipinski definition) is 1. The van der Waals surface area contributed by atoms with Crippen molar-refractivity contribution < 1.29 is 0 Å². The molecule has 0 amide bonds. The van der Waals surface area contributed by atoms with Crippen LogP contribution in [0.25, 0.3) is 0 Å². The fourth-order valence-corrected chi connectivity index (χ4v) is 2.54. The SMILES string of the molecule is Cc1ccc(CNC(c2ccccc2)C(C)C)cc1C. The second-order valence-electron chi connectivity index (χ2n) is 5.93. The van der Waals surface area contributed by atoms with E-state index in [1.807, 2.05) is 0 Å². The third-order valence-electron chi connectivity index (χ3n) is 3.92. The Morgan fingerprint density at radius 3 is 2.20 bits per heavy atom. The maximum absolute atomic E-state index is 3.70. The van der Waals surface area contributed by atoms with Crippen molar-refractivity contribution >= 4 is 0 Å². The van der Waals surface area contributed by atoms with Crippen LogP contribution in [-0.2, 0) is 6.54 Å². The summed E-state index contributed by atoms with van der Waals surface area (Å²) in [5.41, 5.74) is 5.45. The zero-order valence-electron chi connectivity index (χ0n) is 13.0. The molecule has 2 rings (SSSR count). The molecule has 1 heteroatoms. The third-order valence-corrected chi connectivity index (χ3v) is 3.92. The van der Waals surface area contributed by atoms with Crippen LogP contribution in [0.15, 0.2) is 48.5 Å². The van der Waals surface area contributed by atoms with Crippen molar-refractivity contribution in [3.05, 3.63) is 70.8 Å². The van der Waals surface area contributed by atoms with Crippen molar-refractivity contribution in [3.63, 3.8) is 0 Å². The highest BCUT2D eigenvalue weighted by atomic mass is 14.9. The fourth-order valence-electron chi connectivity index (χ4n) is 2.54. The van der Waals surface area contributed by atoms with E-state index in [-0.39, 0.29) is 0 Å². The van der Waals surface area contributed by atoms with Crippen LogP contribution < -0.4 is 5.32 Å². The molecule has 0 fully saturated rings. The summed E-state index contributed by atoms with van der Waals surface area (Å²) >= 11 is 0. The van der Waals surface area contributed by atoms with Gasteiger partial charge in [0.05, 0.1) is 0 Å². The minimum absolute atomic E-state index is 0.401. The number of nitrogens with one attached hydrogen (secondary N) is 1. The first kappa shape index (κ1) is 14.8. The summed E-state index contributed by atoms with van der Waals surface area (Å²) in [6.07, 6.45) is 0. The topological polar surface area (TPSA) is 12.0 Å². The Bertz CT molecular complexity index is 543. The van der Waals surface area contributed by atoms with Gasteiger partial charge in [-0.3, -0.25) is 0 Å². The van der Waals surface area contributed by atoms with Crippen LogP contribution in [0.1, 0.15) is 42.1 Å². The first-order valence-corrected chi connectivity index (χ1v) is 7.42. The van der Waals surface area contributed by atoms with E-state index in [0.29, 0.717) is 12.0 Å². The van der Waals surface area contributed by atoms with Gasteiger partial charge in [0.15, 0.2) is 0 Å². The van der Waals surface area contributed by atoms with Crippen molar-refractivity contribution in [3.8, 4) is 0 Å².